The zero-order valence-corrected chi connectivity index (χ0v) is 11.6. The summed E-state index contributed by atoms with van der Waals surface area (Å²) in [5.41, 5.74) is 0.646. The van der Waals surface area contributed by atoms with Crippen LogP contribution in [-0.4, -0.2) is 17.9 Å². The lowest BCUT2D eigenvalue weighted by Gasteiger charge is -2.12. The van der Waals surface area contributed by atoms with Gasteiger partial charge in [0.25, 0.3) is 0 Å². The Kier molecular flexibility index (Phi) is 4.35. The topological polar surface area (TPSA) is 58.2 Å². The number of fused-ring (bicyclic) bond motifs is 1. The Balaban J connectivity index is 2.16. The minimum absolute atomic E-state index is 0.0132. The molecular weight excluding hydrogens is 252 g/mol. The van der Waals surface area contributed by atoms with E-state index in [4.69, 9.17) is 0 Å². The molecule has 0 aliphatic heterocycles. The van der Waals surface area contributed by atoms with E-state index in [0.29, 0.717) is 5.69 Å². The molecule has 2 aromatic rings. The van der Waals surface area contributed by atoms with Crippen molar-refractivity contribution in [3.05, 3.63) is 42.5 Å². The highest BCUT2D eigenvalue weighted by Gasteiger charge is 2.16. The Hall–Kier alpha value is -2.36. The lowest BCUT2D eigenvalue weighted by Crippen LogP contribution is -2.40. The first-order chi connectivity index (χ1) is 9.61. The average molecular weight is 270 g/mol. The number of benzene rings is 2. The molecule has 1 unspecified atom stereocenters. The molecule has 0 fully saturated rings. The van der Waals surface area contributed by atoms with Gasteiger partial charge in [-0.1, -0.05) is 43.3 Å². The maximum Gasteiger partial charge on any atom is 0.313 e. The largest absolute Gasteiger partial charge is 0.345 e. The van der Waals surface area contributed by atoms with Gasteiger partial charge in [-0.05, 0) is 24.8 Å². The van der Waals surface area contributed by atoms with Gasteiger partial charge in [0.05, 0.1) is 0 Å². The van der Waals surface area contributed by atoms with Crippen molar-refractivity contribution in [2.45, 2.75) is 26.3 Å². The van der Waals surface area contributed by atoms with Crippen molar-refractivity contribution in [3.8, 4) is 0 Å². The van der Waals surface area contributed by atoms with Crippen LogP contribution in [-0.2, 0) is 9.59 Å². The minimum atomic E-state index is -0.637. The average Bonchev–Trinajstić information content (AvgIpc) is 2.47. The van der Waals surface area contributed by atoms with Crippen LogP contribution >= 0.6 is 0 Å². The number of carbonyl (C=O) groups excluding carboxylic acids is 2. The van der Waals surface area contributed by atoms with Gasteiger partial charge in [0, 0.05) is 17.1 Å². The van der Waals surface area contributed by atoms with Crippen molar-refractivity contribution in [1.29, 1.82) is 0 Å². The number of anilines is 1. The van der Waals surface area contributed by atoms with Crippen molar-refractivity contribution < 1.29 is 9.59 Å². The van der Waals surface area contributed by atoms with E-state index in [1.54, 1.807) is 6.07 Å². The molecule has 0 aliphatic carbocycles. The highest BCUT2D eigenvalue weighted by atomic mass is 16.2. The highest BCUT2D eigenvalue weighted by Crippen LogP contribution is 2.22. The molecule has 0 spiro atoms. The summed E-state index contributed by atoms with van der Waals surface area (Å²) in [7, 11) is 0. The molecule has 0 saturated carbocycles. The van der Waals surface area contributed by atoms with Crippen LogP contribution < -0.4 is 10.6 Å². The molecule has 0 bridgehead atoms. The zero-order chi connectivity index (χ0) is 14.5. The number of rotatable bonds is 3. The van der Waals surface area contributed by atoms with Crippen molar-refractivity contribution in [2.75, 3.05) is 5.32 Å². The molecule has 2 amide bonds. The van der Waals surface area contributed by atoms with Crippen molar-refractivity contribution in [1.82, 2.24) is 5.32 Å². The first-order valence-corrected chi connectivity index (χ1v) is 6.71. The second kappa shape index (κ2) is 6.19. The number of amides is 2. The van der Waals surface area contributed by atoms with Crippen LogP contribution in [0.4, 0.5) is 5.69 Å². The van der Waals surface area contributed by atoms with E-state index < -0.39 is 11.8 Å². The summed E-state index contributed by atoms with van der Waals surface area (Å²) in [6.45, 7) is 3.82. The predicted molar refractivity (Wildman–Crippen MR) is 80.5 cm³/mol. The van der Waals surface area contributed by atoms with E-state index >= 15 is 0 Å². The van der Waals surface area contributed by atoms with Crippen molar-refractivity contribution >= 4 is 28.3 Å². The third-order valence-corrected chi connectivity index (χ3v) is 3.23. The number of hydrogen-bond acceptors (Lipinski definition) is 2. The second-order valence-corrected chi connectivity index (χ2v) is 4.76. The van der Waals surface area contributed by atoms with Gasteiger partial charge in [-0.15, -0.1) is 0 Å². The minimum Gasteiger partial charge on any atom is -0.345 e. The van der Waals surface area contributed by atoms with Gasteiger partial charge in [-0.25, -0.2) is 0 Å². The monoisotopic (exact) mass is 270 g/mol. The first kappa shape index (κ1) is 14.1. The van der Waals surface area contributed by atoms with Crippen LogP contribution in [0.1, 0.15) is 20.3 Å². The molecule has 0 saturated heterocycles. The summed E-state index contributed by atoms with van der Waals surface area (Å²) in [5, 5.41) is 7.25. The van der Waals surface area contributed by atoms with Crippen LogP contribution in [0, 0.1) is 0 Å². The normalized spacial score (nSPS) is 11.9. The SMILES string of the molecule is CCC(C)NC(=O)C(=O)Nc1cccc2ccccc12. The van der Waals surface area contributed by atoms with E-state index in [-0.39, 0.29) is 6.04 Å². The number of nitrogens with one attached hydrogen (secondary N) is 2. The van der Waals surface area contributed by atoms with Gasteiger partial charge in [0.15, 0.2) is 0 Å². The predicted octanol–water partition coefficient (Wildman–Crippen LogP) is 2.69. The van der Waals surface area contributed by atoms with Gasteiger partial charge in [-0.2, -0.15) is 0 Å². The molecule has 2 aromatic carbocycles. The molecule has 0 aromatic heterocycles. The molecule has 0 radical (unpaired) electrons. The lowest BCUT2D eigenvalue weighted by molar-refractivity contribution is -0.136. The van der Waals surface area contributed by atoms with Crippen LogP contribution in [0.3, 0.4) is 0 Å². The molecule has 4 nitrogen and oxygen atoms in total. The highest BCUT2D eigenvalue weighted by molar-refractivity contribution is 6.40. The fourth-order valence-electron chi connectivity index (χ4n) is 1.90. The van der Waals surface area contributed by atoms with E-state index in [9.17, 15) is 9.59 Å². The van der Waals surface area contributed by atoms with E-state index in [0.717, 1.165) is 17.2 Å². The molecule has 104 valence electrons. The molecule has 2 rings (SSSR count). The summed E-state index contributed by atoms with van der Waals surface area (Å²) >= 11 is 0. The Bertz CT molecular complexity index is 632. The third kappa shape index (κ3) is 3.15. The fraction of sp³-hybridized carbons (Fsp3) is 0.250. The molecular formula is C16H18N2O2. The van der Waals surface area contributed by atoms with Crippen LogP contribution in [0.2, 0.25) is 0 Å². The summed E-state index contributed by atoms with van der Waals surface area (Å²) in [5.74, 6) is -1.24. The van der Waals surface area contributed by atoms with Crippen molar-refractivity contribution in [2.24, 2.45) is 0 Å². The smallest absolute Gasteiger partial charge is 0.313 e. The van der Waals surface area contributed by atoms with Gasteiger partial charge in [0.2, 0.25) is 0 Å². The second-order valence-electron chi connectivity index (χ2n) is 4.76. The van der Waals surface area contributed by atoms with Gasteiger partial charge in [-0.3, -0.25) is 9.59 Å². The van der Waals surface area contributed by atoms with Crippen molar-refractivity contribution in [3.63, 3.8) is 0 Å². The Morgan fingerprint density at radius 3 is 2.50 bits per heavy atom. The lowest BCUT2D eigenvalue weighted by atomic mass is 10.1. The standard InChI is InChI=1S/C16H18N2O2/c1-3-11(2)17-15(19)16(20)18-14-10-6-8-12-7-4-5-9-13(12)14/h4-11H,3H2,1-2H3,(H,17,19)(H,18,20). The summed E-state index contributed by atoms with van der Waals surface area (Å²) in [6.07, 6.45) is 0.785. The molecule has 0 aliphatic rings. The summed E-state index contributed by atoms with van der Waals surface area (Å²) < 4.78 is 0. The number of carbonyl (C=O) groups is 2. The number of hydrogen-bond donors (Lipinski definition) is 2. The first-order valence-electron chi connectivity index (χ1n) is 6.71. The molecule has 20 heavy (non-hydrogen) atoms. The zero-order valence-electron chi connectivity index (χ0n) is 11.6. The molecule has 2 N–H and O–H groups in total. The molecule has 0 heterocycles. The Labute approximate surface area is 118 Å². The van der Waals surface area contributed by atoms with Gasteiger partial charge < -0.3 is 10.6 Å². The Morgan fingerprint density at radius 1 is 1.05 bits per heavy atom. The van der Waals surface area contributed by atoms with Crippen LogP contribution in [0.5, 0.6) is 0 Å². The molecule has 4 heteroatoms. The maximum absolute atomic E-state index is 11.9. The van der Waals surface area contributed by atoms with E-state index in [1.807, 2.05) is 50.2 Å². The fourth-order valence-corrected chi connectivity index (χ4v) is 1.90. The van der Waals surface area contributed by atoms with E-state index in [1.165, 1.54) is 0 Å². The van der Waals surface area contributed by atoms with Gasteiger partial charge in [0.1, 0.15) is 0 Å². The molecule has 1 atom stereocenters. The Morgan fingerprint density at radius 2 is 1.75 bits per heavy atom. The van der Waals surface area contributed by atoms with Gasteiger partial charge >= 0.3 is 11.8 Å². The third-order valence-electron chi connectivity index (χ3n) is 3.23. The summed E-state index contributed by atoms with van der Waals surface area (Å²) in [6, 6.07) is 13.3. The van der Waals surface area contributed by atoms with E-state index in [2.05, 4.69) is 10.6 Å². The quantitative estimate of drug-likeness (QED) is 0.842. The summed E-state index contributed by atoms with van der Waals surface area (Å²) in [4.78, 5) is 23.6. The van der Waals surface area contributed by atoms with Crippen LogP contribution in [0.25, 0.3) is 10.8 Å². The maximum atomic E-state index is 11.9. The van der Waals surface area contributed by atoms with Crippen LogP contribution in [0.15, 0.2) is 42.5 Å².